The first-order chi connectivity index (χ1) is 8.74. The Kier molecular flexibility index (Phi) is 3.38. The fourth-order valence-electron chi connectivity index (χ4n) is 1.64. The third kappa shape index (κ3) is 2.22. The Morgan fingerprint density at radius 2 is 2.11 bits per heavy atom. The average Bonchev–Trinajstić information content (AvgIpc) is 2.46. The van der Waals surface area contributed by atoms with E-state index in [-0.39, 0.29) is 5.84 Å². The van der Waals surface area contributed by atoms with Gasteiger partial charge in [-0.2, -0.15) is 0 Å². The Morgan fingerprint density at radius 3 is 2.78 bits per heavy atom. The van der Waals surface area contributed by atoms with Crippen molar-refractivity contribution in [3.63, 3.8) is 0 Å². The lowest BCUT2D eigenvalue weighted by atomic mass is 10.1. The van der Waals surface area contributed by atoms with Gasteiger partial charge in [0.05, 0.1) is 5.69 Å². The third-order valence-corrected chi connectivity index (χ3v) is 2.56. The average molecular weight is 243 g/mol. The molecule has 0 aliphatic rings. The minimum Gasteiger partial charge on any atom is -0.409 e. The summed E-state index contributed by atoms with van der Waals surface area (Å²) in [5.41, 5.74) is 7.09. The molecule has 0 unspecified atom stereocenters. The molecule has 1 aromatic carbocycles. The first-order valence-corrected chi connectivity index (χ1v) is 5.30. The predicted molar refractivity (Wildman–Crippen MR) is 69.0 cm³/mol. The lowest BCUT2D eigenvalue weighted by Gasteiger charge is -2.20. The normalized spacial score (nSPS) is 11.3. The monoisotopic (exact) mass is 243 g/mol. The summed E-state index contributed by atoms with van der Waals surface area (Å²) < 4.78 is 0. The summed E-state index contributed by atoms with van der Waals surface area (Å²) in [5, 5.41) is 11.8. The molecule has 0 saturated heterocycles. The SMILES string of the molecule is CN(c1ccncn1)c1ccccc1C(N)=NO. The lowest BCUT2D eigenvalue weighted by molar-refractivity contribution is 0.318. The largest absolute Gasteiger partial charge is 0.409 e. The molecule has 0 bridgehead atoms. The molecule has 0 amide bonds. The number of nitrogens with two attached hydrogens (primary N) is 1. The van der Waals surface area contributed by atoms with Gasteiger partial charge in [0, 0.05) is 18.8 Å². The van der Waals surface area contributed by atoms with Crippen LogP contribution in [0.1, 0.15) is 5.56 Å². The summed E-state index contributed by atoms with van der Waals surface area (Å²) >= 11 is 0. The quantitative estimate of drug-likeness (QED) is 0.367. The van der Waals surface area contributed by atoms with Gasteiger partial charge in [-0.1, -0.05) is 17.3 Å². The van der Waals surface area contributed by atoms with Crippen LogP contribution in [0.25, 0.3) is 0 Å². The maximum atomic E-state index is 8.78. The second-order valence-corrected chi connectivity index (χ2v) is 3.63. The van der Waals surface area contributed by atoms with Crippen molar-refractivity contribution in [2.75, 3.05) is 11.9 Å². The van der Waals surface area contributed by atoms with Gasteiger partial charge in [0.25, 0.3) is 0 Å². The van der Waals surface area contributed by atoms with Crippen LogP contribution < -0.4 is 10.6 Å². The van der Waals surface area contributed by atoms with Crippen LogP contribution in [0.3, 0.4) is 0 Å². The molecule has 0 aliphatic carbocycles. The van der Waals surface area contributed by atoms with Crippen LogP contribution in [0.5, 0.6) is 0 Å². The summed E-state index contributed by atoms with van der Waals surface area (Å²) in [6.07, 6.45) is 3.13. The molecule has 0 spiro atoms. The van der Waals surface area contributed by atoms with Gasteiger partial charge in [-0.15, -0.1) is 0 Å². The van der Waals surface area contributed by atoms with Crippen LogP contribution in [0.2, 0.25) is 0 Å². The molecule has 0 fully saturated rings. The first kappa shape index (κ1) is 11.8. The predicted octanol–water partition coefficient (Wildman–Crippen LogP) is 1.34. The second kappa shape index (κ2) is 5.13. The van der Waals surface area contributed by atoms with E-state index in [1.807, 2.05) is 30.1 Å². The van der Waals surface area contributed by atoms with E-state index in [2.05, 4.69) is 15.1 Å². The number of rotatable bonds is 3. The summed E-state index contributed by atoms with van der Waals surface area (Å²) in [6, 6.07) is 9.13. The van der Waals surface area contributed by atoms with Gasteiger partial charge in [-0.05, 0) is 18.2 Å². The van der Waals surface area contributed by atoms with E-state index in [0.29, 0.717) is 5.56 Å². The Bertz CT molecular complexity index is 555. The number of aromatic nitrogens is 2. The third-order valence-electron chi connectivity index (χ3n) is 2.56. The maximum Gasteiger partial charge on any atom is 0.172 e. The number of para-hydroxylation sites is 1. The van der Waals surface area contributed by atoms with E-state index in [9.17, 15) is 0 Å². The van der Waals surface area contributed by atoms with Crippen molar-refractivity contribution in [1.29, 1.82) is 0 Å². The molecule has 92 valence electrons. The van der Waals surface area contributed by atoms with Gasteiger partial charge in [0.1, 0.15) is 12.1 Å². The van der Waals surface area contributed by atoms with Crippen LogP contribution in [-0.2, 0) is 0 Å². The summed E-state index contributed by atoms with van der Waals surface area (Å²) in [6.45, 7) is 0. The van der Waals surface area contributed by atoms with E-state index in [1.165, 1.54) is 6.33 Å². The zero-order valence-electron chi connectivity index (χ0n) is 9.85. The molecule has 6 heteroatoms. The molecule has 3 N–H and O–H groups in total. The number of amidine groups is 1. The number of hydrogen-bond acceptors (Lipinski definition) is 5. The highest BCUT2D eigenvalue weighted by atomic mass is 16.4. The number of benzene rings is 1. The van der Waals surface area contributed by atoms with Crippen molar-refractivity contribution in [2.45, 2.75) is 0 Å². The molecule has 2 aromatic rings. The second-order valence-electron chi connectivity index (χ2n) is 3.63. The molecule has 0 atom stereocenters. The molecule has 18 heavy (non-hydrogen) atoms. The molecule has 1 heterocycles. The molecule has 0 aliphatic heterocycles. The van der Waals surface area contributed by atoms with Crippen LogP contribution in [0.4, 0.5) is 11.5 Å². The van der Waals surface area contributed by atoms with Crippen LogP contribution >= 0.6 is 0 Å². The number of nitrogens with zero attached hydrogens (tertiary/aromatic N) is 4. The van der Waals surface area contributed by atoms with Crippen molar-refractivity contribution < 1.29 is 5.21 Å². The standard InChI is InChI=1S/C12H13N5O/c1-17(11-6-7-14-8-15-11)10-5-3-2-4-9(10)12(13)16-18/h2-8,18H,1H3,(H2,13,16). The van der Waals surface area contributed by atoms with E-state index < -0.39 is 0 Å². The highest BCUT2D eigenvalue weighted by molar-refractivity contribution is 6.02. The van der Waals surface area contributed by atoms with E-state index in [0.717, 1.165) is 11.5 Å². The Morgan fingerprint density at radius 1 is 1.33 bits per heavy atom. The van der Waals surface area contributed by atoms with Gasteiger partial charge in [-0.25, -0.2) is 9.97 Å². The smallest absolute Gasteiger partial charge is 0.172 e. The Hall–Kier alpha value is -2.63. The molecule has 1 aromatic heterocycles. The van der Waals surface area contributed by atoms with Crippen molar-refractivity contribution in [3.8, 4) is 0 Å². The Balaban J connectivity index is 2.46. The highest BCUT2D eigenvalue weighted by Crippen LogP contribution is 2.24. The van der Waals surface area contributed by atoms with Gasteiger partial charge in [-0.3, -0.25) is 0 Å². The van der Waals surface area contributed by atoms with Crippen molar-refractivity contribution in [1.82, 2.24) is 9.97 Å². The van der Waals surface area contributed by atoms with Crippen LogP contribution in [0.15, 0.2) is 48.0 Å². The van der Waals surface area contributed by atoms with Gasteiger partial charge >= 0.3 is 0 Å². The lowest BCUT2D eigenvalue weighted by Crippen LogP contribution is -2.20. The maximum absolute atomic E-state index is 8.78. The molecule has 2 rings (SSSR count). The fourth-order valence-corrected chi connectivity index (χ4v) is 1.64. The van der Waals surface area contributed by atoms with Gasteiger partial charge in [0.2, 0.25) is 0 Å². The molecular weight excluding hydrogens is 230 g/mol. The summed E-state index contributed by atoms with van der Waals surface area (Å²) in [5.74, 6) is 0.787. The van der Waals surface area contributed by atoms with Gasteiger partial charge in [0.15, 0.2) is 5.84 Å². The number of oxime groups is 1. The summed E-state index contributed by atoms with van der Waals surface area (Å²) in [4.78, 5) is 9.86. The molecule has 0 saturated carbocycles. The zero-order valence-corrected chi connectivity index (χ0v) is 9.85. The minimum absolute atomic E-state index is 0.0616. The zero-order chi connectivity index (χ0) is 13.0. The fraction of sp³-hybridized carbons (Fsp3) is 0.0833. The first-order valence-electron chi connectivity index (χ1n) is 5.30. The van der Waals surface area contributed by atoms with Crippen molar-refractivity contribution in [3.05, 3.63) is 48.4 Å². The van der Waals surface area contributed by atoms with E-state index in [4.69, 9.17) is 10.9 Å². The molecular formula is C12H13N5O. The van der Waals surface area contributed by atoms with Crippen LogP contribution in [-0.4, -0.2) is 28.1 Å². The van der Waals surface area contributed by atoms with Gasteiger partial charge < -0.3 is 15.8 Å². The molecule has 0 radical (unpaired) electrons. The van der Waals surface area contributed by atoms with Crippen molar-refractivity contribution >= 4 is 17.3 Å². The highest BCUT2D eigenvalue weighted by Gasteiger charge is 2.12. The Labute approximate surface area is 104 Å². The minimum atomic E-state index is 0.0616. The van der Waals surface area contributed by atoms with Crippen molar-refractivity contribution in [2.24, 2.45) is 10.9 Å². The number of anilines is 2. The van der Waals surface area contributed by atoms with E-state index in [1.54, 1.807) is 18.3 Å². The molecule has 6 nitrogen and oxygen atoms in total. The van der Waals surface area contributed by atoms with E-state index >= 15 is 0 Å². The van der Waals surface area contributed by atoms with Crippen LogP contribution in [0, 0.1) is 0 Å². The summed E-state index contributed by atoms with van der Waals surface area (Å²) in [7, 11) is 1.85. The number of hydrogen-bond donors (Lipinski definition) is 2. The topological polar surface area (TPSA) is 87.6 Å².